The number of benzene rings is 2. The van der Waals surface area contributed by atoms with E-state index in [2.05, 4.69) is 9.88 Å². The van der Waals surface area contributed by atoms with Crippen LogP contribution in [0.15, 0.2) is 63.9 Å². The van der Waals surface area contributed by atoms with E-state index in [0.717, 1.165) is 17.0 Å². The van der Waals surface area contributed by atoms with Crippen LogP contribution in [0.3, 0.4) is 0 Å². The predicted octanol–water partition coefficient (Wildman–Crippen LogP) is 3.46. The molecule has 1 aliphatic rings. The Morgan fingerprint density at radius 3 is 2.24 bits per heavy atom. The Kier molecular flexibility index (Phi) is 5.54. The molecular weight excluding hydrogens is 386 g/mol. The fourth-order valence-electron chi connectivity index (χ4n) is 3.48. The molecular formula is C22H25N3O3S. The van der Waals surface area contributed by atoms with Crippen LogP contribution < -0.4 is 0 Å². The van der Waals surface area contributed by atoms with Crippen molar-refractivity contribution >= 4 is 10.0 Å². The largest absolute Gasteiger partial charge is 0.441 e. The fraction of sp³-hybridized carbons (Fsp3) is 0.318. The summed E-state index contributed by atoms with van der Waals surface area (Å²) in [7, 11) is -3.43. The van der Waals surface area contributed by atoms with Gasteiger partial charge in [0.25, 0.3) is 0 Å². The highest BCUT2D eigenvalue weighted by Gasteiger charge is 2.28. The van der Waals surface area contributed by atoms with Crippen LogP contribution in [0.1, 0.15) is 17.0 Å². The van der Waals surface area contributed by atoms with Gasteiger partial charge in [-0.15, -0.1) is 0 Å². The predicted molar refractivity (Wildman–Crippen MR) is 112 cm³/mol. The molecule has 2 heterocycles. The van der Waals surface area contributed by atoms with Gasteiger partial charge in [-0.1, -0.05) is 35.9 Å². The van der Waals surface area contributed by atoms with Crippen molar-refractivity contribution in [2.24, 2.45) is 0 Å². The second kappa shape index (κ2) is 8.10. The lowest BCUT2D eigenvalue weighted by molar-refractivity contribution is 0.179. The molecule has 0 N–H and O–H groups in total. The lowest BCUT2D eigenvalue weighted by Gasteiger charge is -2.33. The summed E-state index contributed by atoms with van der Waals surface area (Å²) >= 11 is 0. The van der Waals surface area contributed by atoms with E-state index in [1.807, 2.05) is 44.2 Å². The standard InChI is InChI=1S/C22H25N3O3S/c1-17-8-10-19(11-9-17)22-23-21(18(2)28-22)16-24-12-14-25(15-13-24)29(26,27)20-6-4-3-5-7-20/h3-11H,12-16H2,1-2H3. The van der Waals surface area contributed by atoms with E-state index in [1.165, 1.54) is 5.56 Å². The summed E-state index contributed by atoms with van der Waals surface area (Å²) in [6, 6.07) is 16.7. The van der Waals surface area contributed by atoms with E-state index >= 15 is 0 Å². The molecule has 1 fully saturated rings. The molecule has 4 rings (SSSR count). The molecule has 1 aromatic heterocycles. The van der Waals surface area contributed by atoms with Crippen molar-refractivity contribution in [3.8, 4) is 11.5 Å². The van der Waals surface area contributed by atoms with Crippen LogP contribution in [0.5, 0.6) is 0 Å². The first kappa shape index (κ1) is 19.8. The van der Waals surface area contributed by atoms with Crippen LogP contribution >= 0.6 is 0 Å². The molecule has 0 aliphatic carbocycles. The Morgan fingerprint density at radius 2 is 1.59 bits per heavy atom. The van der Waals surface area contributed by atoms with Crippen LogP contribution in [0.25, 0.3) is 11.5 Å². The molecule has 0 unspecified atom stereocenters. The lowest BCUT2D eigenvalue weighted by atomic mass is 10.1. The summed E-state index contributed by atoms with van der Waals surface area (Å²) < 4.78 is 33.0. The molecule has 29 heavy (non-hydrogen) atoms. The maximum absolute atomic E-state index is 12.8. The number of aryl methyl sites for hydroxylation is 2. The van der Waals surface area contributed by atoms with Crippen molar-refractivity contribution in [3.05, 3.63) is 71.6 Å². The molecule has 2 aromatic carbocycles. The minimum Gasteiger partial charge on any atom is -0.441 e. The fourth-order valence-corrected chi connectivity index (χ4v) is 4.92. The zero-order chi connectivity index (χ0) is 20.4. The molecule has 7 heteroatoms. The zero-order valence-electron chi connectivity index (χ0n) is 16.7. The first-order valence-electron chi connectivity index (χ1n) is 9.74. The molecule has 1 saturated heterocycles. The van der Waals surface area contributed by atoms with E-state index in [9.17, 15) is 8.42 Å². The van der Waals surface area contributed by atoms with Crippen molar-refractivity contribution in [1.82, 2.24) is 14.2 Å². The topological polar surface area (TPSA) is 66.7 Å². The van der Waals surface area contributed by atoms with Crippen LogP contribution in [-0.4, -0.2) is 48.8 Å². The van der Waals surface area contributed by atoms with E-state index in [0.29, 0.717) is 43.5 Å². The first-order valence-corrected chi connectivity index (χ1v) is 11.2. The van der Waals surface area contributed by atoms with Gasteiger partial charge in [-0.05, 0) is 38.1 Å². The molecule has 0 atom stereocenters. The molecule has 3 aromatic rings. The highest BCUT2D eigenvalue weighted by Crippen LogP contribution is 2.24. The molecule has 0 bridgehead atoms. The smallest absolute Gasteiger partial charge is 0.243 e. The SMILES string of the molecule is Cc1ccc(-c2nc(CN3CCN(S(=O)(=O)c4ccccc4)CC3)c(C)o2)cc1. The summed E-state index contributed by atoms with van der Waals surface area (Å²) in [6.07, 6.45) is 0. The quantitative estimate of drug-likeness (QED) is 0.643. The van der Waals surface area contributed by atoms with E-state index < -0.39 is 10.0 Å². The van der Waals surface area contributed by atoms with Gasteiger partial charge in [0.1, 0.15) is 5.76 Å². The lowest BCUT2D eigenvalue weighted by Crippen LogP contribution is -2.48. The Labute approximate surface area is 171 Å². The van der Waals surface area contributed by atoms with Gasteiger partial charge in [0, 0.05) is 38.3 Å². The minimum atomic E-state index is -3.43. The van der Waals surface area contributed by atoms with Gasteiger partial charge in [0.05, 0.1) is 10.6 Å². The average molecular weight is 412 g/mol. The van der Waals surface area contributed by atoms with Gasteiger partial charge < -0.3 is 4.42 Å². The van der Waals surface area contributed by atoms with Crippen LogP contribution in [-0.2, 0) is 16.6 Å². The second-order valence-electron chi connectivity index (χ2n) is 7.38. The number of piperazine rings is 1. The van der Waals surface area contributed by atoms with Gasteiger partial charge in [-0.2, -0.15) is 4.31 Å². The number of oxazole rings is 1. The summed E-state index contributed by atoms with van der Waals surface area (Å²) in [6.45, 7) is 6.90. The van der Waals surface area contributed by atoms with Crippen molar-refractivity contribution < 1.29 is 12.8 Å². The number of sulfonamides is 1. The Balaban J connectivity index is 1.41. The molecule has 0 saturated carbocycles. The summed E-state index contributed by atoms with van der Waals surface area (Å²) in [4.78, 5) is 7.25. The maximum Gasteiger partial charge on any atom is 0.243 e. The number of aromatic nitrogens is 1. The number of rotatable bonds is 5. The van der Waals surface area contributed by atoms with Gasteiger partial charge in [0.2, 0.25) is 15.9 Å². The summed E-state index contributed by atoms with van der Waals surface area (Å²) in [5.74, 6) is 1.43. The maximum atomic E-state index is 12.8. The average Bonchev–Trinajstić information content (AvgIpc) is 3.10. The first-order chi connectivity index (χ1) is 13.9. The van der Waals surface area contributed by atoms with Gasteiger partial charge in [-0.25, -0.2) is 13.4 Å². The van der Waals surface area contributed by atoms with E-state index in [-0.39, 0.29) is 0 Å². The minimum absolute atomic E-state index is 0.350. The third-order valence-electron chi connectivity index (χ3n) is 5.28. The Morgan fingerprint density at radius 1 is 0.931 bits per heavy atom. The molecule has 152 valence electrons. The number of hydrogen-bond acceptors (Lipinski definition) is 5. The number of hydrogen-bond donors (Lipinski definition) is 0. The van der Waals surface area contributed by atoms with Gasteiger partial charge >= 0.3 is 0 Å². The Bertz CT molecular complexity index is 1070. The third kappa shape index (κ3) is 4.27. The molecule has 0 radical (unpaired) electrons. The summed E-state index contributed by atoms with van der Waals surface area (Å²) in [5.41, 5.74) is 3.06. The van der Waals surface area contributed by atoms with E-state index in [4.69, 9.17) is 4.42 Å². The van der Waals surface area contributed by atoms with Crippen LogP contribution in [0.4, 0.5) is 0 Å². The molecule has 6 nitrogen and oxygen atoms in total. The Hall–Kier alpha value is -2.48. The number of nitrogens with zero attached hydrogens (tertiary/aromatic N) is 3. The molecule has 0 spiro atoms. The van der Waals surface area contributed by atoms with Gasteiger partial charge in [0.15, 0.2) is 0 Å². The van der Waals surface area contributed by atoms with Crippen molar-refractivity contribution in [1.29, 1.82) is 0 Å². The van der Waals surface area contributed by atoms with Crippen LogP contribution in [0.2, 0.25) is 0 Å². The molecule has 0 amide bonds. The van der Waals surface area contributed by atoms with Gasteiger partial charge in [-0.3, -0.25) is 4.90 Å². The third-order valence-corrected chi connectivity index (χ3v) is 7.19. The normalized spacial score (nSPS) is 16.2. The van der Waals surface area contributed by atoms with Crippen molar-refractivity contribution in [2.75, 3.05) is 26.2 Å². The zero-order valence-corrected chi connectivity index (χ0v) is 17.5. The van der Waals surface area contributed by atoms with Crippen molar-refractivity contribution in [3.63, 3.8) is 0 Å². The highest BCUT2D eigenvalue weighted by atomic mass is 32.2. The highest BCUT2D eigenvalue weighted by molar-refractivity contribution is 7.89. The monoisotopic (exact) mass is 411 g/mol. The van der Waals surface area contributed by atoms with Crippen molar-refractivity contribution in [2.45, 2.75) is 25.3 Å². The summed E-state index contributed by atoms with van der Waals surface area (Å²) in [5, 5.41) is 0. The second-order valence-corrected chi connectivity index (χ2v) is 9.32. The molecule has 1 aliphatic heterocycles. The van der Waals surface area contributed by atoms with Crippen LogP contribution in [0, 0.1) is 13.8 Å². The van der Waals surface area contributed by atoms with E-state index in [1.54, 1.807) is 28.6 Å².